The summed E-state index contributed by atoms with van der Waals surface area (Å²) in [5.41, 5.74) is 6.92. The largest absolute Gasteiger partial charge is 0.261 e. The normalized spacial score (nSPS) is 11.3. The van der Waals surface area contributed by atoms with Gasteiger partial charge in [-0.3, -0.25) is 5.43 Å². The second kappa shape index (κ2) is 6.57. The highest BCUT2D eigenvalue weighted by molar-refractivity contribution is 6.36. The molecule has 3 aromatic rings. The third kappa shape index (κ3) is 3.63. The van der Waals surface area contributed by atoms with E-state index in [1.807, 2.05) is 13.0 Å². The summed E-state index contributed by atoms with van der Waals surface area (Å²) in [5.74, 6) is 0.726. The molecular formula is C18H15Cl2N3. The lowest BCUT2D eigenvalue weighted by atomic mass is 10.1. The molecule has 5 heteroatoms. The van der Waals surface area contributed by atoms with E-state index in [1.54, 1.807) is 18.3 Å². The molecule has 0 unspecified atom stereocenters. The van der Waals surface area contributed by atoms with Gasteiger partial charge in [0.15, 0.2) is 0 Å². The highest BCUT2D eigenvalue weighted by Crippen LogP contribution is 2.22. The molecular weight excluding hydrogens is 329 g/mol. The first-order chi connectivity index (χ1) is 11.0. The first-order valence-corrected chi connectivity index (χ1v) is 7.91. The Kier molecular flexibility index (Phi) is 4.51. The van der Waals surface area contributed by atoms with Gasteiger partial charge in [-0.1, -0.05) is 41.4 Å². The van der Waals surface area contributed by atoms with E-state index in [2.05, 4.69) is 46.7 Å². The summed E-state index contributed by atoms with van der Waals surface area (Å²) in [5, 5.41) is 6.50. The predicted octanol–water partition coefficient (Wildman–Crippen LogP) is 5.60. The minimum absolute atomic E-state index is 0.557. The number of rotatable bonds is 3. The number of nitrogens with one attached hydrogen (secondary N) is 1. The number of pyridine rings is 1. The number of halogens is 2. The molecule has 2 aromatic carbocycles. The van der Waals surface area contributed by atoms with Gasteiger partial charge in [-0.15, -0.1) is 0 Å². The fourth-order valence-electron chi connectivity index (χ4n) is 2.27. The third-order valence-corrected chi connectivity index (χ3v) is 4.06. The molecule has 0 aliphatic heterocycles. The van der Waals surface area contributed by atoms with E-state index < -0.39 is 0 Å². The van der Waals surface area contributed by atoms with Gasteiger partial charge in [-0.25, -0.2) is 4.98 Å². The molecule has 0 bridgehead atoms. The van der Waals surface area contributed by atoms with E-state index in [9.17, 15) is 0 Å². The van der Waals surface area contributed by atoms with Gasteiger partial charge in [-0.05, 0) is 49.2 Å². The van der Waals surface area contributed by atoms with E-state index in [0.29, 0.717) is 10.0 Å². The molecule has 3 rings (SSSR count). The average Bonchev–Trinajstić information content (AvgIpc) is 2.50. The molecule has 3 nitrogen and oxygen atoms in total. The number of benzene rings is 2. The molecule has 0 aliphatic carbocycles. The molecule has 0 amide bonds. The van der Waals surface area contributed by atoms with Crippen molar-refractivity contribution in [1.82, 2.24) is 4.98 Å². The lowest BCUT2D eigenvalue weighted by Crippen LogP contribution is -1.97. The number of fused-ring (bicyclic) bond motifs is 1. The minimum Gasteiger partial charge on any atom is -0.261 e. The van der Waals surface area contributed by atoms with Crippen LogP contribution in [0.25, 0.3) is 10.9 Å². The van der Waals surface area contributed by atoms with Crippen molar-refractivity contribution >= 4 is 46.1 Å². The van der Waals surface area contributed by atoms with Crippen LogP contribution in [0.5, 0.6) is 0 Å². The molecule has 1 heterocycles. The Balaban J connectivity index is 1.86. The van der Waals surface area contributed by atoms with Crippen molar-refractivity contribution < 1.29 is 0 Å². The van der Waals surface area contributed by atoms with E-state index in [0.717, 1.165) is 27.8 Å². The maximum Gasteiger partial charge on any atom is 0.149 e. The van der Waals surface area contributed by atoms with Crippen LogP contribution in [0.2, 0.25) is 10.0 Å². The lowest BCUT2D eigenvalue weighted by Gasteiger charge is -2.07. The molecule has 1 N–H and O–H groups in total. The van der Waals surface area contributed by atoms with E-state index in [4.69, 9.17) is 23.2 Å². The Morgan fingerprint density at radius 3 is 2.65 bits per heavy atom. The van der Waals surface area contributed by atoms with Gasteiger partial charge in [0, 0.05) is 16.0 Å². The van der Waals surface area contributed by atoms with Crippen LogP contribution in [0.3, 0.4) is 0 Å². The van der Waals surface area contributed by atoms with Crippen molar-refractivity contribution in [1.29, 1.82) is 0 Å². The first kappa shape index (κ1) is 15.8. The van der Waals surface area contributed by atoms with Gasteiger partial charge in [-0.2, -0.15) is 5.10 Å². The van der Waals surface area contributed by atoms with Crippen LogP contribution in [-0.2, 0) is 0 Å². The number of hydrazone groups is 1. The maximum absolute atomic E-state index is 6.12. The maximum atomic E-state index is 6.12. The summed E-state index contributed by atoms with van der Waals surface area (Å²) in [7, 11) is 0. The smallest absolute Gasteiger partial charge is 0.149 e. The van der Waals surface area contributed by atoms with Gasteiger partial charge < -0.3 is 0 Å². The van der Waals surface area contributed by atoms with Crippen LogP contribution in [0.4, 0.5) is 5.82 Å². The molecule has 0 fully saturated rings. The highest BCUT2D eigenvalue weighted by atomic mass is 35.5. The number of anilines is 1. The van der Waals surface area contributed by atoms with E-state index >= 15 is 0 Å². The molecule has 0 saturated carbocycles. The lowest BCUT2D eigenvalue weighted by molar-refractivity contribution is 1.22. The second-order valence-electron chi connectivity index (χ2n) is 5.39. The van der Waals surface area contributed by atoms with Crippen LogP contribution >= 0.6 is 23.2 Å². The third-order valence-electron chi connectivity index (χ3n) is 3.50. The number of nitrogens with zero attached hydrogens (tertiary/aromatic N) is 2. The van der Waals surface area contributed by atoms with Crippen LogP contribution in [0.1, 0.15) is 16.7 Å². The van der Waals surface area contributed by atoms with Gasteiger partial charge in [0.05, 0.1) is 16.8 Å². The predicted molar refractivity (Wildman–Crippen MR) is 98.9 cm³/mol. The monoisotopic (exact) mass is 343 g/mol. The topological polar surface area (TPSA) is 37.3 Å². The van der Waals surface area contributed by atoms with Crippen molar-refractivity contribution in [3.63, 3.8) is 0 Å². The Bertz CT molecular complexity index is 904. The summed E-state index contributed by atoms with van der Waals surface area (Å²) in [4.78, 5) is 4.62. The fraction of sp³-hybridized carbons (Fsp3) is 0.111. The Morgan fingerprint density at radius 2 is 1.87 bits per heavy atom. The van der Waals surface area contributed by atoms with Gasteiger partial charge in [0.1, 0.15) is 5.82 Å². The molecule has 0 radical (unpaired) electrons. The minimum atomic E-state index is 0.557. The molecule has 116 valence electrons. The summed E-state index contributed by atoms with van der Waals surface area (Å²) < 4.78 is 0. The number of hydrogen-bond donors (Lipinski definition) is 1. The van der Waals surface area contributed by atoms with Gasteiger partial charge in [0.25, 0.3) is 0 Å². The molecule has 0 atom stereocenters. The Labute approximate surface area is 145 Å². The fourth-order valence-corrected chi connectivity index (χ4v) is 2.72. The molecule has 0 spiro atoms. The van der Waals surface area contributed by atoms with Gasteiger partial charge in [0.2, 0.25) is 0 Å². The van der Waals surface area contributed by atoms with Gasteiger partial charge >= 0.3 is 0 Å². The average molecular weight is 344 g/mol. The zero-order valence-electron chi connectivity index (χ0n) is 12.8. The standard InChI is InChI=1S/C18H15Cl2N3/c1-11-3-4-13-8-12(2)18(22-17(13)7-11)23-21-10-14-5-6-15(19)9-16(14)20/h3-10H,1-2H3,(H,22,23). The molecule has 0 saturated heterocycles. The van der Waals surface area contributed by atoms with Crippen LogP contribution in [0, 0.1) is 13.8 Å². The zero-order valence-corrected chi connectivity index (χ0v) is 14.3. The summed E-state index contributed by atoms with van der Waals surface area (Å²) in [6, 6.07) is 13.6. The number of hydrogen-bond acceptors (Lipinski definition) is 3. The van der Waals surface area contributed by atoms with E-state index in [-0.39, 0.29) is 0 Å². The van der Waals surface area contributed by atoms with Crippen molar-refractivity contribution in [3.05, 3.63) is 69.2 Å². The molecule has 1 aromatic heterocycles. The highest BCUT2D eigenvalue weighted by Gasteiger charge is 2.03. The zero-order chi connectivity index (χ0) is 16.4. The first-order valence-electron chi connectivity index (χ1n) is 7.15. The van der Waals surface area contributed by atoms with Crippen LogP contribution in [0.15, 0.2) is 47.6 Å². The van der Waals surface area contributed by atoms with E-state index in [1.165, 1.54) is 5.56 Å². The quantitative estimate of drug-likeness (QED) is 0.496. The summed E-state index contributed by atoms with van der Waals surface area (Å²) in [6.45, 7) is 4.05. The Morgan fingerprint density at radius 1 is 1.04 bits per heavy atom. The Hall–Kier alpha value is -2.10. The SMILES string of the molecule is Cc1ccc2cc(C)c(NN=Cc3ccc(Cl)cc3Cl)nc2c1. The second-order valence-corrected chi connectivity index (χ2v) is 6.23. The summed E-state index contributed by atoms with van der Waals surface area (Å²) >= 11 is 12.0. The van der Waals surface area contributed by atoms with Crippen molar-refractivity contribution in [2.45, 2.75) is 13.8 Å². The number of aromatic nitrogens is 1. The summed E-state index contributed by atoms with van der Waals surface area (Å²) in [6.07, 6.45) is 1.65. The van der Waals surface area contributed by atoms with Crippen molar-refractivity contribution in [2.75, 3.05) is 5.43 Å². The molecule has 23 heavy (non-hydrogen) atoms. The van der Waals surface area contributed by atoms with Crippen molar-refractivity contribution in [3.8, 4) is 0 Å². The van der Waals surface area contributed by atoms with Crippen LogP contribution in [-0.4, -0.2) is 11.2 Å². The molecule has 0 aliphatic rings. The number of aryl methyl sites for hydroxylation is 2. The van der Waals surface area contributed by atoms with Crippen molar-refractivity contribution in [2.24, 2.45) is 5.10 Å². The van der Waals surface area contributed by atoms with Crippen LogP contribution < -0.4 is 5.43 Å².